The van der Waals surface area contributed by atoms with Crippen LogP contribution in [-0.2, 0) is 4.79 Å². The van der Waals surface area contributed by atoms with Gasteiger partial charge in [0.25, 0.3) is 0 Å². The van der Waals surface area contributed by atoms with E-state index in [0.717, 1.165) is 16.9 Å². The molecule has 0 saturated carbocycles. The summed E-state index contributed by atoms with van der Waals surface area (Å²) in [6.45, 7) is 9.52. The molecule has 5 nitrogen and oxygen atoms in total. The number of benzene rings is 2. The minimum Gasteiger partial charge on any atom is -0.508 e. The largest absolute Gasteiger partial charge is 0.508 e. The Bertz CT molecular complexity index is 867. The van der Waals surface area contributed by atoms with Crippen LogP contribution in [0, 0.1) is 19.3 Å². The van der Waals surface area contributed by atoms with Gasteiger partial charge in [-0.15, -0.1) is 0 Å². The van der Waals surface area contributed by atoms with E-state index in [1.165, 1.54) is 25.1 Å². The number of esters is 1. The van der Waals surface area contributed by atoms with Crippen LogP contribution >= 0.6 is 0 Å². The van der Waals surface area contributed by atoms with E-state index in [1.54, 1.807) is 0 Å². The average Bonchev–Trinajstić information content (AvgIpc) is 2.61. The molecule has 0 fully saturated rings. The van der Waals surface area contributed by atoms with Gasteiger partial charge in [-0.05, 0) is 76.8 Å². The van der Waals surface area contributed by atoms with E-state index in [0.29, 0.717) is 25.0 Å². The van der Waals surface area contributed by atoms with Gasteiger partial charge in [0.2, 0.25) is 0 Å². The van der Waals surface area contributed by atoms with Gasteiger partial charge in [-0.25, -0.2) is 0 Å². The van der Waals surface area contributed by atoms with E-state index in [9.17, 15) is 14.7 Å². The molecule has 0 aliphatic carbocycles. The highest BCUT2D eigenvalue weighted by Gasteiger charge is 2.29. The molecule has 0 aliphatic rings. The van der Waals surface area contributed by atoms with Crippen LogP contribution in [0.15, 0.2) is 36.4 Å². The van der Waals surface area contributed by atoms with Crippen LogP contribution in [0.5, 0.6) is 17.2 Å². The van der Waals surface area contributed by atoms with Crippen LogP contribution < -0.4 is 9.47 Å². The van der Waals surface area contributed by atoms with Crippen molar-refractivity contribution in [3.8, 4) is 17.2 Å². The lowest BCUT2D eigenvalue weighted by atomic mass is 9.88. The second kappa shape index (κ2) is 8.91. The van der Waals surface area contributed by atoms with Crippen LogP contribution in [0.2, 0.25) is 0 Å². The van der Waals surface area contributed by atoms with Gasteiger partial charge < -0.3 is 14.6 Å². The monoisotopic (exact) mass is 384 g/mol. The second-order valence-electron chi connectivity index (χ2n) is 7.77. The van der Waals surface area contributed by atoms with Crippen LogP contribution in [0.1, 0.15) is 55.1 Å². The maximum atomic E-state index is 12.6. The van der Waals surface area contributed by atoms with Crippen LogP contribution in [0.25, 0.3) is 0 Å². The van der Waals surface area contributed by atoms with Crippen molar-refractivity contribution in [2.24, 2.45) is 5.41 Å². The Kier molecular flexibility index (Phi) is 6.84. The van der Waals surface area contributed by atoms with Gasteiger partial charge >= 0.3 is 5.97 Å². The van der Waals surface area contributed by atoms with Gasteiger partial charge in [0.1, 0.15) is 17.2 Å². The van der Waals surface area contributed by atoms with Crippen molar-refractivity contribution in [3.05, 3.63) is 53.1 Å². The van der Waals surface area contributed by atoms with Gasteiger partial charge in [0.15, 0.2) is 5.78 Å². The summed E-state index contributed by atoms with van der Waals surface area (Å²) in [5.74, 6) is 0.275. The number of rotatable bonds is 8. The molecule has 0 amide bonds. The third kappa shape index (κ3) is 5.84. The number of ether oxygens (including phenoxy) is 2. The topological polar surface area (TPSA) is 72.8 Å². The molecule has 2 aromatic rings. The molecule has 5 heteroatoms. The van der Waals surface area contributed by atoms with Crippen molar-refractivity contribution in [1.29, 1.82) is 0 Å². The number of hydrogen-bond acceptors (Lipinski definition) is 5. The van der Waals surface area contributed by atoms with Gasteiger partial charge in [0.05, 0.1) is 12.0 Å². The highest BCUT2D eigenvalue weighted by Crippen LogP contribution is 2.29. The third-order valence-corrected chi connectivity index (χ3v) is 4.61. The van der Waals surface area contributed by atoms with Gasteiger partial charge in [0, 0.05) is 11.6 Å². The maximum absolute atomic E-state index is 12.6. The molecular formula is C23H28O5. The van der Waals surface area contributed by atoms with Crippen molar-refractivity contribution in [2.75, 3.05) is 6.61 Å². The zero-order chi connectivity index (χ0) is 20.9. The molecule has 28 heavy (non-hydrogen) atoms. The zero-order valence-corrected chi connectivity index (χ0v) is 17.2. The number of phenolic OH excluding ortho intramolecular Hbond substituents is 1. The summed E-state index contributed by atoms with van der Waals surface area (Å²) >= 11 is 0. The number of carbonyl (C=O) groups excluding carboxylic acids is 2. The predicted molar refractivity (Wildman–Crippen MR) is 108 cm³/mol. The lowest BCUT2D eigenvalue weighted by Crippen LogP contribution is -2.29. The van der Waals surface area contributed by atoms with E-state index in [2.05, 4.69) is 0 Å². The second-order valence-corrected chi connectivity index (χ2v) is 7.77. The first-order valence-electron chi connectivity index (χ1n) is 9.36. The molecule has 0 spiro atoms. The quantitative estimate of drug-likeness (QED) is 0.300. The number of carbonyl (C=O) groups is 2. The SMILES string of the molecule is CC(=O)c1cc(O)cc(OC(=O)C(C)(C)CCCOc2cc(C)ccc2C)c1. The first kappa shape index (κ1) is 21.5. The summed E-state index contributed by atoms with van der Waals surface area (Å²) in [6, 6.07) is 10.2. The molecule has 2 rings (SSSR count). The van der Waals surface area contributed by atoms with Crippen molar-refractivity contribution < 1.29 is 24.2 Å². The number of ketones is 1. The Morgan fingerprint density at radius 2 is 1.79 bits per heavy atom. The fourth-order valence-corrected chi connectivity index (χ4v) is 2.75. The molecule has 0 bridgehead atoms. The maximum Gasteiger partial charge on any atom is 0.316 e. The third-order valence-electron chi connectivity index (χ3n) is 4.61. The average molecular weight is 384 g/mol. The Labute approximate surface area is 166 Å². The number of aryl methyl sites for hydroxylation is 2. The molecule has 0 aliphatic heterocycles. The van der Waals surface area contributed by atoms with E-state index < -0.39 is 11.4 Å². The minimum atomic E-state index is -0.729. The summed E-state index contributed by atoms with van der Waals surface area (Å²) in [7, 11) is 0. The summed E-state index contributed by atoms with van der Waals surface area (Å²) in [4.78, 5) is 24.1. The van der Waals surface area contributed by atoms with Crippen LogP contribution in [-0.4, -0.2) is 23.5 Å². The number of Topliss-reactive ketones (excluding diaryl/α,β-unsaturated/α-hetero) is 1. The van der Waals surface area contributed by atoms with Crippen molar-refractivity contribution in [1.82, 2.24) is 0 Å². The molecule has 0 saturated heterocycles. The lowest BCUT2D eigenvalue weighted by molar-refractivity contribution is -0.144. The smallest absolute Gasteiger partial charge is 0.316 e. The zero-order valence-electron chi connectivity index (χ0n) is 17.2. The molecule has 150 valence electrons. The Balaban J connectivity index is 1.92. The lowest BCUT2D eigenvalue weighted by Gasteiger charge is -2.22. The molecule has 0 radical (unpaired) electrons. The summed E-state index contributed by atoms with van der Waals surface area (Å²) < 4.78 is 11.3. The molecular weight excluding hydrogens is 356 g/mol. The van der Waals surface area contributed by atoms with E-state index in [4.69, 9.17) is 9.47 Å². The van der Waals surface area contributed by atoms with E-state index in [1.807, 2.05) is 45.9 Å². The molecule has 0 heterocycles. The molecule has 0 aromatic heterocycles. The highest BCUT2D eigenvalue weighted by atomic mass is 16.5. The minimum absolute atomic E-state index is 0.116. The standard InChI is InChI=1S/C23H28O5/c1-15-7-8-16(2)21(11-15)27-10-6-9-23(4,5)22(26)28-20-13-18(17(3)24)12-19(25)14-20/h7-8,11-14,25H,6,9-10H2,1-5H3. The fraction of sp³-hybridized carbons (Fsp3) is 0.391. The normalized spacial score (nSPS) is 11.2. The summed E-state index contributed by atoms with van der Waals surface area (Å²) in [6.07, 6.45) is 1.27. The molecule has 2 aromatic carbocycles. The number of hydrogen-bond donors (Lipinski definition) is 1. The molecule has 1 N–H and O–H groups in total. The first-order chi connectivity index (χ1) is 13.1. The van der Waals surface area contributed by atoms with Crippen LogP contribution in [0.3, 0.4) is 0 Å². The summed E-state index contributed by atoms with van der Waals surface area (Å²) in [5.41, 5.74) is 1.78. The van der Waals surface area contributed by atoms with E-state index >= 15 is 0 Å². The Morgan fingerprint density at radius 1 is 1.07 bits per heavy atom. The predicted octanol–water partition coefficient (Wildman–Crippen LogP) is 5.00. The van der Waals surface area contributed by atoms with Crippen molar-refractivity contribution in [2.45, 2.75) is 47.5 Å². The summed E-state index contributed by atoms with van der Waals surface area (Å²) in [5, 5.41) is 9.72. The highest BCUT2D eigenvalue weighted by molar-refractivity contribution is 5.95. The van der Waals surface area contributed by atoms with Crippen LogP contribution in [0.4, 0.5) is 0 Å². The molecule has 0 atom stereocenters. The van der Waals surface area contributed by atoms with Gasteiger partial charge in [-0.3, -0.25) is 9.59 Å². The van der Waals surface area contributed by atoms with E-state index in [-0.39, 0.29) is 17.3 Å². The first-order valence-corrected chi connectivity index (χ1v) is 9.36. The van der Waals surface area contributed by atoms with Gasteiger partial charge in [-0.1, -0.05) is 12.1 Å². The number of phenols is 1. The Morgan fingerprint density at radius 3 is 2.46 bits per heavy atom. The fourth-order valence-electron chi connectivity index (χ4n) is 2.75. The molecule has 0 unspecified atom stereocenters. The Hall–Kier alpha value is -2.82. The number of aromatic hydroxyl groups is 1. The van der Waals surface area contributed by atoms with Crippen molar-refractivity contribution in [3.63, 3.8) is 0 Å². The van der Waals surface area contributed by atoms with Gasteiger partial charge in [-0.2, -0.15) is 0 Å². The van der Waals surface area contributed by atoms with Crippen molar-refractivity contribution >= 4 is 11.8 Å².